The predicted molar refractivity (Wildman–Crippen MR) is 76.2 cm³/mol. The number of phenolic OH excluding ortho intramolecular Hbond substituents is 1. The number of allylic oxidation sites excluding steroid dienone is 2. The normalized spacial score (nSPS) is 17.8. The molecule has 20 heavy (non-hydrogen) atoms. The molecule has 1 aromatic carbocycles. The van der Waals surface area contributed by atoms with Crippen molar-refractivity contribution in [3.05, 3.63) is 35.4 Å². The molecule has 0 amide bonds. The number of carbonyl (C=O) groups is 1. The van der Waals surface area contributed by atoms with Crippen molar-refractivity contribution in [3.8, 4) is 11.5 Å². The second-order valence-electron chi connectivity index (χ2n) is 4.96. The van der Waals surface area contributed by atoms with Gasteiger partial charge in [0.05, 0.1) is 19.8 Å². The number of hydrogen-bond acceptors (Lipinski definition) is 4. The van der Waals surface area contributed by atoms with Crippen LogP contribution >= 0.6 is 0 Å². The van der Waals surface area contributed by atoms with Gasteiger partial charge in [0.25, 0.3) is 0 Å². The van der Waals surface area contributed by atoms with Crippen LogP contribution in [-0.4, -0.2) is 25.3 Å². The molecule has 1 atom stereocenters. The van der Waals surface area contributed by atoms with E-state index >= 15 is 0 Å². The molecule has 1 aliphatic rings. The van der Waals surface area contributed by atoms with Gasteiger partial charge >= 0.3 is 5.97 Å². The van der Waals surface area contributed by atoms with E-state index in [0.717, 1.165) is 19.3 Å². The van der Waals surface area contributed by atoms with Gasteiger partial charge in [-0.05, 0) is 43.7 Å². The van der Waals surface area contributed by atoms with Gasteiger partial charge in [-0.2, -0.15) is 0 Å². The Morgan fingerprint density at radius 2 is 2.20 bits per heavy atom. The fourth-order valence-electron chi connectivity index (χ4n) is 2.60. The Morgan fingerprint density at radius 3 is 2.80 bits per heavy atom. The fourth-order valence-corrected chi connectivity index (χ4v) is 2.60. The van der Waals surface area contributed by atoms with Gasteiger partial charge in [0.1, 0.15) is 0 Å². The Labute approximate surface area is 119 Å². The minimum Gasteiger partial charge on any atom is -0.504 e. The molecule has 1 unspecified atom stereocenters. The average molecular weight is 276 g/mol. The highest BCUT2D eigenvalue weighted by Gasteiger charge is 2.21. The molecule has 0 heterocycles. The summed E-state index contributed by atoms with van der Waals surface area (Å²) < 4.78 is 9.91. The first-order chi connectivity index (χ1) is 9.67. The second kappa shape index (κ2) is 6.46. The van der Waals surface area contributed by atoms with Gasteiger partial charge in [0, 0.05) is 5.56 Å². The number of phenols is 1. The molecule has 0 saturated carbocycles. The van der Waals surface area contributed by atoms with Crippen LogP contribution in [-0.2, 0) is 11.2 Å². The predicted octanol–water partition coefficient (Wildman–Crippen LogP) is 3.09. The van der Waals surface area contributed by atoms with E-state index in [0.29, 0.717) is 29.2 Å². The van der Waals surface area contributed by atoms with E-state index in [9.17, 15) is 9.90 Å². The SMILES string of the molecule is COC(=O)c1ccc(OC)c(O)c1CC1C=CCCC1. The Balaban J connectivity index is 2.38. The molecule has 0 saturated heterocycles. The summed E-state index contributed by atoms with van der Waals surface area (Å²) in [6, 6.07) is 3.23. The largest absolute Gasteiger partial charge is 0.504 e. The number of aromatic hydroxyl groups is 1. The molecule has 1 aromatic rings. The zero-order chi connectivity index (χ0) is 14.5. The summed E-state index contributed by atoms with van der Waals surface area (Å²) in [5, 5.41) is 10.3. The number of hydrogen-bond donors (Lipinski definition) is 1. The van der Waals surface area contributed by atoms with E-state index in [1.54, 1.807) is 12.1 Å². The minimum absolute atomic E-state index is 0.0365. The van der Waals surface area contributed by atoms with Gasteiger partial charge in [-0.3, -0.25) is 0 Å². The molecule has 1 N–H and O–H groups in total. The van der Waals surface area contributed by atoms with Crippen molar-refractivity contribution in [2.45, 2.75) is 25.7 Å². The molecule has 4 nitrogen and oxygen atoms in total. The molecule has 0 radical (unpaired) electrons. The molecule has 0 aromatic heterocycles. The number of benzene rings is 1. The lowest BCUT2D eigenvalue weighted by Crippen LogP contribution is -2.11. The minimum atomic E-state index is -0.433. The van der Waals surface area contributed by atoms with Gasteiger partial charge in [0.15, 0.2) is 11.5 Å². The highest BCUT2D eigenvalue weighted by Crippen LogP contribution is 2.35. The number of methoxy groups -OCH3 is 2. The molecule has 4 heteroatoms. The van der Waals surface area contributed by atoms with Gasteiger partial charge in [-0.25, -0.2) is 4.79 Å². The Bertz CT molecular complexity index is 519. The molecule has 0 aliphatic heterocycles. The molecular formula is C16H20O4. The van der Waals surface area contributed by atoms with Crippen LogP contribution < -0.4 is 4.74 Å². The maximum absolute atomic E-state index is 11.8. The zero-order valence-electron chi connectivity index (χ0n) is 11.9. The van der Waals surface area contributed by atoms with Crippen LogP contribution in [0.5, 0.6) is 11.5 Å². The van der Waals surface area contributed by atoms with Gasteiger partial charge < -0.3 is 14.6 Å². The van der Waals surface area contributed by atoms with Crippen molar-refractivity contribution >= 4 is 5.97 Å². The van der Waals surface area contributed by atoms with E-state index in [2.05, 4.69) is 12.2 Å². The summed E-state index contributed by atoms with van der Waals surface area (Å²) in [4.78, 5) is 11.8. The summed E-state index contributed by atoms with van der Waals surface area (Å²) in [7, 11) is 2.84. The van der Waals surface area contributed by atoms with Crippen molar-refractivity contribution < 1.29 is 19.4 Å². The van der Waals surface area contributed by atoms with Crippen LogP contribution in [0.15, 0.2) is 24.3 Å². The van der Waals surface area contributed by atoms with E-state index in [1.165, 1.54) is 14.2 Å². The Kier molecular flexibility index (Phi) is 4.66. The third kappa shape index (κ3) is 2.95. The first-order valence-corrected chi connectivity index (χ1v) is 6.81. The molecule has 0 fully saturated rings. The molecule has 2 rings (SSSR count). The standard InChI is InChI=1S/C16H20O4/c1-19-14-9-8-12(16(18)20-2)13(15(14)17)10-11-6-4-3-5-7-11/h4,6,8-9,11,17H,3,5,7,10H2,1-2H3. The summed E-state index contributed by atoms with van der Waals surface area (Å²) in [6.45, 7) is 0. The number of carbonyl (C=O) groups excluding carboxylic acids is 1. The summed E-state index contributed by atoms with van der Waals surface area (Å²) in [5.74, 6) is 0.324. The maximum atomic E-state index is 11.8. The molecule has 1 aliphatic carbocycles. The third-order valence-electron chi connectivity index (χ3n) is 3.69. The van der Waals surface area contributed by atoms with Crippen molar-refractivity contribution in [3.63, 3.8) is 0 Å². The number of rotatable bonds is 4. The van der Waals surface area contributed by atoms with Crippen LogP contribution in [0.25, 0.3) is 0 Å². The van der Waals surface area contributed by atoms with E-state index in [1.807, 2.05) is 0 Å². The van der Waals surface area contributed by atoms with E-state index in [4.69, 9.17) is 9.47 Å². The van der Waals surface area contributed by atoms with Gasteiger partial charge in [-0.15, -0.1) is 0 Å². The summed E-state index contributed by atoms with van der Waals surface area (Å²) >= 11 is 0. The van der Waals surface area contributed by atoms with E-state index < -0.39 is 5.97 Å². The van der Waals surface area contributed by atoms with Crippen LogP contribution in [0.3, 0.4) is 0 Å². The Morgan fingerprint density at radius 1 is 1.40 bits per heavy atom. The van der Waals surface area contributed by atoms with Crippen LogP contribution in [0, 0.1) is 5.92 Å². The second-order valence-corrected chi connectivity index (χ2v) is 4.96. The van der Waals surface area contributed by atoms with Crippen molar-refractivity contribution in [2.24, 2.45) is 5.92 Å². The van der Waals surface area contributed by atoms with Crippen molar-refractivity contribution in [2.75, 3.05) is 14.2 Å². The molecule has 0 spiro atoms. The fraction of sp³-hybridized carbons (Fsp3) is 0.438. The third-order valence-corrected chi connectivity index (χ3v) is 3.69. The zero-order valence-corrected chi connectivity index (χ0v) is 11.9. The highest BCUT2D eigenvalue weighted by atomic mass is 16.5. The van der Waals surface area contributed by atoms with Crippen molar-refractivity contribution in [1.29, 1.82) is 0 Å². The first kappa shape index (κ1) is 14.4. The molecule has 108 valence electrons. The summed E-state index contributed by atoms with van der Waals surface area (Å²) in [5.41, 5.74) is 1.01. The van der Waals surface area contributed by atoms with Crippen LogP contribution in [0.1, 0.15) is 35.2 Å². The smallest absolute Gasteiger partial charge is 0.338 e. The van der Waals surface area contributed by atoms with Gasteiger partial charge in [-0.1, -0.05) is 12.2 Å². The van der Waals surface area contributed by atoms with Crippen LogP contribution in [0.2, 0.25) is 0 Å². The maximum Gasteiger partial charge on any atom is 0.338 e. The molecular weight excluding hydrogens is 256 g/mol. The van der Waals surface area contributed by atoms with Crippen molar-refractivity contribution in [1.82, 2.24) is 0 Å². The quantitative estimate of drug-likeness (QED) is 0.678. The number of esters is 1. The number of ether oxygens (including phenoxy) is 2. The topological polar surface area (TPSA) is 55.8 Å². The average Bonchev–Trinajstić information content (AvgIpc) is 2.49. The lowest BCUT2D eigenvalue weighted by atomic mass is 9.88. The first-order valence-electron chi connectivity index (χ1n) is 6.81. The lowest BCUT2D eigenvalue weighted by molar-refractivity contribution is 0.0598. The monoisotopic (exact) mass is 276 g/mol. The highest BCUT2D eigenvalue weighted by molar-refractivity contribution is 5.92. The lowest BCUT2D eigenvalue weighted by Gasteiger charge is -2.19. The van der Waals surface area contributed by atoms with Crippen LogP contribution in [0.4, 0.5) is 0 Å². The van der Waals surface area contributed by atoms with E-state index in [-0.39, 0.29) is 5.75 Å². The molecule has 0 bridgehead atoms. The van der Waals surface area contributed by atoms with Gasteiger partial charge in [0.2, 0.25) is 0 Å². The Hall–Kier alpha value is -1.97. The summed E-state index contributed by atoms with van der Waals surface area (Å²) in [6.07, 6.45) is 8.23.